The number of rotatable bonds is 6. The van der Waals surface area contributed by atoms with Crippen molar-refractivity contribution in [3.05, 3.63) is 18.2 Å². The van der Waals surface area contributed by atoms with Crippen molar-refractivity contribution in [1.82, 2.24) is 15.3 Å². The standard InChI is InChI=1S/C8H16N4/c9-3-1-2-4-10-7-8-11-5-6-12-8/h5-6,10H,1-4,7,9H2,(H,11,12). The van der Waals surface area contributed by atoms with E-state index >= 15 is 0 Å². The second kappa shape index (κ2) is 5.74. The molecule has 0 aliphatic heterocycles. The molecule has 4 nitrogen and oxygen atoms in total. The Morgan fingerprint density at radius 3 is 3.08 bits per heavy atom. The summed E-state index contributed by atoms with van der Waals surface area (Å²) in [5.74, 6) is 0.989. The summed E-state index contributed by atoms with van der Waals surface area (Å²) in [5, 5.41) is 3.27. The van der Waals surface area contributed by atoms with E-state index in [0.717, 1.165) is 38.3 Å². The van der Waals surface area contributed by atoms with E-state index < -0.39 is 0 Å². The van der Waals surface area contributed by atoms with Crippen LogP contribution in [0.2, 0.25) is 0 Å². The molecule has 0 amide bonds. The summed E-state index contributed by atoms with van der Waals surface area (Å²) >= 11 is 0. The molecule has 68 valence electrons. The molecule has 0 fully saturated rings. The van der Waals surface area contributed by atoms with Crippen molar-refractivity contribution in [1.29, 1.82) is 0 Å². The van der Waals surface area contributed by atoms with Crippen LogP contribution in [0.4, 0.5) is 0 Å². The summed E-state index contributed by atoms with van der Waals surface area (Å²) in [7, 11) is 0. The average molecular weight is 168 g/mol. The number of aromatic nitrogens is 2. The van der Waals surface area contributed by atoms with Crippen molar-refractivity contribution in [2.75, 3.05) is 13.1 Å². The van der Waals surface area contributed by atoms with Crippen molar-refractivity contribution < 1.29 is 0 Å². The van der Waals surface area contributed by atoms with Gasteiger partial charge in [0.05, 0.1) is 6.54 Å². The molecule has 1 heterocycles. The van der Waals surface area contributed by atoms with E-state index in [2.05, 4.69) is 15.3 Å². The molecule has 0 radical (unpaired) electrons. The SMILES string of the molecule is NCCCCNCc1ncc[nH]1. The number of hydrogen-bond acceptors (Lipinski definition) is 3. The van der Waals surface area contributed by atoms with Gasteiger partial charge >= 0.3 is 0 Å². The molecular weight excluding hydrogens is 152 g/mol. The van der Waals surface area contributed by atoms with Crippen LogP contribution in [-0.4, -0.2) is 23.1 Å². The van der Waals surface area contributed by atoms with Crippen LogP contribution in [0.1, 0.15) is 18.7 Å². The minimum absolute atomic E-state index is 0.780. The van der Waals surface area contributed by atoms with Crippen LogP contribution < -0.4 is 11.1 Å². The number of nitrogens with two attached hydrogens (primary N) is 1. The zero-order valence-corrected chi connectivity index (χ0v) is 7.21. The molecule has 1 rings (SSSR count). The van der Waals surface area contributed by atoms with Crippen molar-refractivity contribution >= 4 is 0 Å². The Hall–Kier alpha value is -0.870. The predicted molar refractivity (Wildman–Crippen MR) is 48.6 cm³/mol. The highest BCUT2D eigenvalue weighted by Crippen LogP contribution is 1.88. The van der Waals surface area contributed by atoms with Gasteiger partial charge in [0.15, 0.2) is 0 Å². The molecule has 0 aromatic carbocycles. The monoisotopic (exact) mass is 168 g/mol. The zero-order valence-electron chi connectivity index (χ0n) is 7.21. The molecule has 1 aromatic rings. The maximum Gasteiger partial charge on any atom is 0.120 e. The number of hydrogen-bond donors (Lipinski definition) is 3. The van der Waals surface area contributed by atoms with Gasteiger partial charge in [-0.2, -0.15) is 0 Å². The Balaban J connectivity index is 1.96. The van der Waals surface area contributed by atoms with E-state index in [1.807, 2.05) is 6.20 Å². The molecule has 4 heteroatoms. The fourth-order valence-electron chi connectivity index (χ4n) is 0.996. The molecule has 0 atom stereocenters. The maximum absolute atomic E-state index is 5.36. The van der Waals surface area contributed by atoms with Crippen molar-refractivity contribution in [3.8, 4) is 0 Å². The first-order valence-electron chi connectivity index (χ1n) is 4.32. The quantitative estimate of drug-likeness (QED) is 0.533. The Kier molecular flexibility index (Phi) is 4.41. The molecule has 0 saturated heterocycles. The summed E-state index contributed by atoms with van der Waals surface area (Å²) in [6.07, 6.45) is 5.82. The van der Waals surface area contributed by atoms with Crippen molar-refractivity contribution in [2.45, 2.75) is 19.4 Å². The van der Waals surface area contributed by atoms with Crippen LogP contribution in [0.15, 0.2) is 12.4 Å². The normalized spacial score (nSPS) is 10.4. The Bertz CT molecular complexity index is 183. The van der Waals surface area contributed by atoms with Gasteiger partial charge in [-0.3, -0.25) is 0 Å². The van der Waals surface area contributed by atoms with Gasteiger partial charge in [0.2, 0.25) is 0 Å². The number of imidazole rings is 1. The Morgan fingerprint density at radius 1 is 1.50 bits per heavy atom. The molecule has 0 aliphatic carbocycles. The van der Waals surface area contributed by atoms with Crippen LogP contribution in [0.3, 0.4) is 0 Å². The van der Waals surface area contributed by atoms with Gasteiger partial charge in [-0.05, 0) is 25.9 Å². The third-order valence-electron chi connectivity index (χ3n) is 1.65. The molecule has 0 aliphatic rings. The zero-order chi connectivity index (χ0) is 8.65. The van der Waals surface area contributed by atoms with Crippen LogP contribution in [-0.2, 0) is 6.54 Å². The first-order valence-corrected chi connectivity index (χ1v) is 4.32. The predicted octanol–water partition coefficient (Wildman–Crippen LogP) is 0.238. The molecule has 1 aromatic heterocycles. The Morgan fingerprint density at radius 2 is 2.42 bits per heavy atom. The maximum atomic E-state index is 5.36. The lowest BCUT2D eigenvalue weighted by atomic mass is 10.3. The van der Waals surface area contributed by atoms with Gasteiger partial charge in [0.1, 0.15) is 5.82 Å². The first-order chi connectivity index (χ1) is 5.93. The lowest BCUT2D eigenvalue weighted by Gasteiger charge is -2.00. The smallest absolute Gasteiger partial charge is 0.120 e. The molecule has 0 saturated carbocycles. The van der Waals surface area contributed by atoms with Crippen LogP contribution in [0.5, 0.6) is 0 Å². The number of H-pyrrole nitrogens is 1. The van der Waals surface area contributed by atoms with E-state index in [-0.39, 0.29) is 0 Å². The van der Waals surface area contributed by atoms with Crippen LogP contribution >= 0.6 is 0 Å². The average Bonchev–Trinajstić information content (AvgIpc) is 2.57. The van der Waals surface area contributed by atoms with Crippen molar-refractivity contribution in [2.24, 2.45) is 5.73 Å². The molecule has 4 N–H and O–H groups in total. The highest BCUT2D eigenvalue weighted by atomic mass is 15.0. The van der Waals surface area contributed by atoms with Crippen LogP contribution in [0, 0.1) is 0 Å². The lowest BCUT2D eigenvalue weighted by molar-refractivity contribution is 0.615. The molecular formula is C8H16N4. The summed E-state index contributed by atoms with van der Waals surface area (Å²) < 4.78 is 0. The molecule has 0 spiro atoms. The lowest BCUT2D eigenvalue weighted by Crippen LogP contribution is -2.16. The fourth-order valence-corrected chi connectivity index (χ4v) is 0.996. The van der Waals surface area contributed by atoms with Gasteiger partial charge in [-0.1, -0.05) is 0 Å². The van der Waals surface area contributed by atoms with E-state index in [9.17, 15) is 0 Å². The van der Waals surface area contributed by atoms with Gasteiger partial charge in [-0.25, -0.2) is 4.98 Å². The summed E-state index contributed by atoms with van der Waals surface area (Å²) in [6.45, 7) is 2.61. The van der Waals surface area contributed by atoms with E-state index in [0.29, 0.717) is 0 Å². The third-order valence-corrected chi connectivity index (χ3v) is 1.65. The van der Waals surface area contributed by atoms with Crippen LogP contribution in [0.25, 0.3) is 0 Å². The Labute approximate surface area is 72.6 Å². The molecule has 12 heavy (non-hydrogen) atoms. The highest BCUT2D eigenvalue weighted by Gasteiger charge is 1.92. The first kappa shape index (κ1) is 9.22. The van der Waals surface area contributed by atoms with E-state index in [1.165, 1.54) is 0 Å². The van der Waals surface area contributed by atoms with Gasteiger partial charge in [0, 0.05) is 12.4 Å². The molecule has 0 unspecified atom stereocenters. The fraction of sp³-hybridized carbons (Fsp3) is 0.625. The number of unbranched alkanes of at least 4 members (excludes halogenated alkanes) is 1. The summed E-state index contributed by atoms with van der Waals surface area (Å²) in [5.41, 5.74) is 5.36. The minimum atomic E-state index is 0.780. The minimum Gasteiger partial charge on any atom is -0.348 e. The van der Waals surface area contributed by atoms with E-state index in [1.54, 1.807) is 6.20 Å². The summed E-state index contributed by atoms with van der Waals surface area (Å²) in [6, 6.07) is 0. The van der Waals surface area contributed by atoms with Gasteiger partial charge in [0.25, 0.3) is 0 Å². The second-order valence-corrected chi connectivity index (χ2v) is 2.71. The highest BCUT2D eigenvalue weighted by molar-refractivity contribution is 4.85. The summed E-state index contributed by atoms with van der Waals surface area (Å²) in [4.78, 5) is 7.12. The topological polar surface area (TPSA) is 66.7 Å². The van der Waals surface area contributed by atoms with Gasteiger partial charge in [-0.15, -0.1) is 0 Å². The van der Waals surface area contributed by atoms with E-state index in [4.69, 9.17) is 5.73 Å². The number of nitrogens with one attached hydrogen (secondary N) is 2. The largest absolute Gasteiger partial charge is 0.348 e. The third kappa shape index (κ3) is 3.50. The van der Waals surface area contributed by atoms with Gasteiger partial charge < -0.3 is 16.0 Å². The second-order valence-electron chi connectivity index (χ2n) is 2.71. The number of aromatic amines is 1. The number of nitrogens with zero attached hydrogens (tertiary/aromatic N) is 1. The van der Waals surface area contributed by atoms with Crippen molar-refractivity contribution in [3.63, 3.8) is 0 Å². The molecule has 0 bridgehead atoms.